The minimum absolute atomic E-state index is 0.109. The zero-order valence-electron chi connectivity index (χ0n) is 22.2. The Balaban J connectivity index is 1.78. The number of amides is 4. The van der Waals surface area contributed by atoms with Gasteiger partial charge in [-0.05, 0) is 62.1 Å². The third-order valence-electron chi connectivity index (χ3n) is 6.77. The van der Waals surface area contributed by atoms with Crippen molar-refractivity contribution in [1.29, 1.82) is 0 Å². The molecule has 0 radical (unpaired) electrons. The van der Waals surface area contributed by atoms with E-state index >= 15 is 0 Å². The lowest BCUT2D eigenvalue weighted by atomic mass is 10.0. The van der Waals surface area contributed by atoms with Gasteiger partial charge in [0.1, 0.15) is 5.84 Å². The molecule has 0 unspecified atom stereocenters. The zero-order chi connectivity index (χ0) is 26.7. The van der Waals surface area contributed by atoms with E-state index in [9.17, 15) is 9.59 Å². The number of methoxy groups -OCH3 is 2. The lowest BCUT2D eigenvalue weighted by molar-refractivity contribution is 0.193. The number of carbonyl (C=O) groups is 2. The molecule has 0 aromatic heterocycles. The van der Waals surface area contributed by atoms with Gasteiger partial charge in [-0.25, -0.2) is 14.6 Å². The summed E-state index contributed by atoms with van der Waals surface area (Å²) in [5.74, 6) is 1.97. The molecule has 1 saturated heterocycles. The highest BCUT2D eigenvalue weighted by molar-refractivity contribution is 6.08. The largest absolute Gasteiger partial charge is 0.493 e. The number of benzene rings is 2. The molecule has 2 aliphatic heterocycles. The van der Waals surface area contributed by atoms with Crippen LogP contribution < -0.4 is 31.0 Å². The molecule has 0 atom stereocenters. The molecule has 4 rings (SSSR count). The Morgan fingerprint density at radius 2 is 1.73 bits per heavy atom. The number of ether oxygens (including phenoxy) is 2. The number of rotatable bonds is 8. The predicted octanol–water partition coefficient (Wildman–Crippen LogP) is 2.84. The molecule has 2 aromatic carbocycles. The number of carbonyl (C=O) groups excluding carboxylic acids is 2. The summed E-state index contributed by atoms with van der Waals surface area (Å²) < 4.78 is 11.0. The summed E-state index contributed by atoms with van der Waals surface area (Å²) in [7, 11) is 3.22. The van der Waals surface area contributed by atoms with E-state index in [2.05, 4.69) is 24.4 Å². The minimum Gasteiger partial charge on any atom is -0.493 e. The molecule has 2 aromatic rings. The number of aliphatic imine (C=N–C) groups is 1. The highest BCUT2D eigenvalue weighted by atomic mass is 16.5. The van der Waals surface area contributed by atoms with Crippen LogP contribution in [0.1, 0.15) is 36.0 Å². The molecule has 37 heavy (non-hydrogen) atoms. The van der Waals surface area contributed by atoms with Gasteiger partial charge in [-0.15, -0.1) is 0 Å². The maximum Gasteiger partial charge on any atom is 0.329 e. The first-order chi connectivity index (χ1) is 17.7. The van der Waals surface area contributed by atoms with Crippen LogP contribution in [0.3, 0.4) is 0 Å². The Hall–Kier alpha value is -4.01. The normalized spacial score (nSPS) is 15.8. The third-order valence-corrected chi connectivity index (χ3v) is 6.77. The second-order valence-corrected chi connectivity index (χ2v) is 9.44. The second-order valence-electron chi connectivity index (χ2n) is 9.44. The lowest BCUT2D eigenvalue weighted by Gasteiger charge is -2.39. The Kier molecular flexibility index (Phi) is 7.71. The summed E-state index contributed by atoms with van der Waals surface area (Å²) in [6, 6.07) is 7.45. The number of nitrogens with one attached hydrogen (secondary N) is 1. The molecule has 9 heteroatoms. The Labute approximate surface area is 217 Å². The maximum absolute atomic E-state index is 13.8. The Morgan fingerprint density at radius 1 is 1.05 bits per heavy atom. The van der Waals surface area contributed by atoms with E-state index in [1.807, 2.05) is 37.0 Å². The summed E-state index contributed by atoms with van der Waals surface area (Å²) in [5.41, 5.74) is 10.3. The monoisotopic (exact) mass is 505 g/mol. The molecule has 3 N–H and O–H groups in total. The van der Waals surface area contributed by atoms with Crippen molar-refractivity contribution < 1.29 is 19.1 Å². The van der Waals surface area contributed by atoms with Gasteiger partial charge in [-0.3, -0.25) is 9.80 Å². The standard InChI is InChI=1S/C28H35N5O4/c1-17-12-18(2)26(19(3)13-17)31-25-16-22-21-15-24(37-5)23(36-4)14-20(21)8-11-32(22)28(35)33(25)10-7-6-9-30-27(29)34/h8,12-15H,6-7,9-11,16H2,1-5H3,(H3,29,30,34). The molecule has 196 valence electrons. The number of nitrogens with two attached hydrogens (primary N) is 1. The first-order valence-electron chi connectivity index (χ1n) is 12.5. The SMILES string of the molecule is COc1cc2c(cc1OC)=C1CC(=Nc3c(C)cc(C)cc3C)N(CCCCNC(N)=O)C(=O)N1CC=2. The zero-order valence-corrected chi connectivity index (χ0v) is 22.2. The van der Waals surface area contributed by atoms with Crippen LogP contribution >= 0.6 is 0 Å². The van der Waals surface area contributed by atoms with Gasteiger partial charge in [-0.1, -0.05) is 23.8 Å². The number of amidine groups is 1. The summed E-state index contributed by atoms with van der Waals surface area (Å²) in [6.45, 7) is 7.58. The lowest BCUT2D eigenvalue weighted by Crippen LogP contribution is -2.55. The fourth-order valence-corrected chi connectivity index (χ4v) is 5.05. The molecule has 1 fully saturated rings. The van der Waals surface area contributed by atoms with Crippen molar-refractivity contribution in [2.45, 2.75) is 40.0 Å². The van der Waals surface area contributed by atoms with E-state index < -0.39 is 6.03 Å². The van der Waals surface area contributed by atoms with E-state index in [0.717, 1.165) is 32.9 Å². The van der Waals surface area contributed by atoms with Gasteiger partial charge in [0.05, 0.1) is 19.9 Å². The average molecular weight is 506 g/mol. The Morgan fingerprint density at radius 3 is 2.38 bits per heavy atom. The molecular formula is C28H35N5O4. The van der Waals surface area contributed by atoms with E-state index in [-0.39, 0.29) is 6.03 Å². The van der Waals surface area contributed by atoms with Crippen LogP contribution in [0.2, 0.25) is 0 Å². The molecular weight excluding hydrogens is 470 g/mol. The molecule has 2 heterocycles. The van der Waals surface area contributed by atoms with Gasteiger partial charge in [0.15, 0.2) is 11.5 Å². The predicted molar refractivity (Wildman–Crippen MR) is 145 cm³/mol. The number of unbranched alkanes of at least 4 members (excludes halogenated alkanes) is 1. The fourth-order valence-electron chi connectivity index (χ4n) is 5.05. The molecule has 2 aliphatic rings. The van der Waals surface area contributed by atoms with Crippen LogP contribution in [0, 0.1) is 20.8 Å². The van der Waals surface area contributed by atoms with E-state index in [0.29, 0.717) is 56.2 Å². The van der Waals surface area contributed by atoms with Crippen LogP contribution in [-0.4, -0.2) is 61.6 Å². The van der Waals surface area contributed by atoms with Crippen molar-refractivity contribution >= 4 is 35.4 Å². The number of aryl methyl sites for hydroxylation is 3. The van der Waals surface area contributed by atoms with Crippen LogP contribution in [0.25, 0.3) is 11.8 Å². The van der Waals surface area contributed by atoms with Crippen molar-refractivity contribution in [3.63, 3.8) is 0 Å². The highest BCUT2D eigenvalue weighted by Crippen LogP contribution is 2.31. The van der Waals surface area contributed by atoms with Gasteiger partial charge in [-0.2, -0.15) is 0 Å². The molecule has 0 aliphatic carbocycles. The van der Waals surface area contributed by atoms with E-state index in [1.165, 1.54) is 5.56 Å². The summed E-state index contributed by atoms with van der Waals surface area (Å²) >= 11 is 0. The maximum atomic E-state index is 13.8. The van der Waals surface area contributed by atoms with E-state index in [4.69, 9.17) is 20.2 Å². The number of primary amides is 1. The van der Waals surface area contributed by atoms with Crippen LogP contribution in [0.15, 0.2) is 29.3 Å². The molecule has 9 nitrogen and oxygen atoms in total. The van der Waals surface area contributed by atoms with Gasteiger partial charge in [0.2, 0.25) is 0 Å². The van der Waals surface area contributed by atoms with Crippen molar-refractivity contribution in [2.75, 3.05) is 33.9 Å². The number of hydrogen-bond donors (Lipinski definition) is 2. The highest BCUT2D eigenvalue weighted by Gasteiger charge is 2.35. The van der Waals surface area contributed by atoms with Crippen molar-refractivity contribution in [3.05, 3.63) is 51.4 Å². The summed E-state index contributed by atoms with van der Waals surface area (Å²) in [4.78, 5) is 33.5. The van der Waals surface area contributed by atoms with Gasteiger partial charge < -0.3 is 20.5 Å². The van der Waals surface area contributed by atoms with Crippen molar-refractivity contribution in [2.24, 2.45) is 10.7 Å². The number of nitrogens with zero attached hydrogens (tertiary/aromatic N) is 3. The van der Waals surface area contributed by atoms with Crippen LogP contribution in [0.4, 0.5) is 15.3 Å². The van der Waals surface area contributed by atoms with E-state index in [1.54, 1.807) is 19.1 Å². The summed E-state index contributed by atoms with van der Waals surface area (Å²) in [5, 5.41) is 4.55. The van der Waals surface area contributed by atoms with Gasteiger partial charge in [0, 0.05) is 37.0 Å². The fraction of sp³-hybridized carbons (Fsp3) is 0.393. The molecule has 0 bridgehead atoms. The van der Waals surface area contributed by atoms with Gasteiger partial charge in [0.25, 0.3) is 0 Å². The molecule has 0 spiro atoms. The van der Waals surface area contributed by atoms with Gasteiger partial charge >= 0.3 is 12.1 Å². The number of urea groups is 2. The summed E-state index contributed by atoms with van der Waals surface area (Å²) in [6.07, 6.45) is 3.93. The smallest absolute Gasteiger partial charge is 0.329 e. The first-order valence-corrected chi connectivity index (χ1v) is 12.5. The first kappa shape index (κ1) is 26.1. The molecule has 4 amide bonds. The Bertz CT molecular complexity index is 1360. The third kappa shape index (κ3) is 5.40. The van der Waals surface area contributed by atoms with Crippen LogP contribution in [-0.2, 0) is 0 Å². The van der Waals surface area contributed by atoms with Crippen molar-refractivity contribution in [3.8, 4) is 11.5 Å². The van der Waals surface area contributed by atoms with Crippen LogP contribution in [0.5, 0.6) is 11.5 Å². The second kappa shape index (κ2) is 10.9. The molecule has 0 saturated carbocycles. The number of fused-ring (bicyclic) bond motifs is 2. The van der Waals surface area contributed by atoms with Crippen molar-refractivity contribution in [1.82, 2.24) is 15.1 Å². The average Bonchev–Trinajstić information content (AvgIpc) is 2.86. The topological polar surface area (TPSA) is 109 Å². The minimum atomic E-state index is -0.546. The quantitative estimate of drug-likeness (QED) is 0.538. The number of hydrogen-bond acceptors (Lipinski definition) is 5.